The van der Waals surface area contributed by atoms with Gasteiger partial charge in [0.25, 0.3) is 0 Å². The first kappa shape index (κ1) is 16.1. The molecule has 1 aliphatic heterocycles. The third-order valence-corrected chi connectivity index (χ3v) is 5.21. The Morgan fingerprint density at radius 2 is 2.30 bits per heavy atom. The Hall–Kier alpha value is -1.75. The second-order valence-electron chi connectivity index (χ2n) is 6.10. The molecular weight excluding hydrogens is 306 g/mol. The molecule has 2 aromatic rings. The number of rotatable bonds is 4. The molecule has 2 heterocycles. The van der Waals surface area contributed by atoms with Crippen molar-refractivity contribution in [2.45, 2.75) is 30.1 Å². The first-order chi connectivity index (χ1) is 11.2. The predicted molar refractivity (Wildman–Crippen MR) is 93.7 cm³/mol. The van der Waals surface area contributed by atoms with Gasteiger partial charge in [0.15, 0.2) is 0 Å². The van der Waals surface area contributed by atoms with E-state index in [0.29, 0.717) is 12.3 Å². The van der Waals surface area contributed by atoms with Crippen molar-refractivity contribution in [2.24, 2.45) is 7.05 Å². The molecule has 0 saturated carbocycles. The zero-order valence-corrected chi connectivity index (χ0v) is 14.6. The van der Waals surface area contributed by atoms with Crippen LogP contribution in [0.2, 0.25) is 0 Å². The number of aromatic nitrogens is 2. The Kier molecular flexibility index (Phi) is 5.06. The van der Waals surface area contributed by atoms with Crippen LogP contribution in [0, 0.1) is 0 Å². The lowest BCUT2D eigenvalue weighted by molar-refractivity contribution is -0.131. The van der Waals surface area contributed by atoms with Crippen LogP contribution in [0.4, 0.5) is 0 Å². The number of thioether (sulfide) groups is 1. The minimum absolute atomic E-state index is 0.224. The van der Waals surface area contributed by atoms with E-state index >= 15 is 0 Å². The predicted octanol–water partition coefficient (Wildman–Crippen LogP) is 3.09. The lowest BCUT2D eigenvalue weighted by atomic mass is 9.96. The number of nitrogens with zero attached hydrogens (tertiary/aromatic N) is 3. The smallest absolute Gasteiger partial charge is 0.227 e. The van der Waals surface area contributed by atoms with E-state index in [4.69, 9.17) is 0 Å². The van der Waals surface area contributed by atoms with E-state index in [9.17, 15) is 4.79 Å². The molecule has 23 heavy (non-hydrogen) atoms. The van der Waals surface area contributed by atoms with Crippen LogP contribution >= 0.6 is 11.8 Å². The first-order valence-corrected chi connectivity index (χ1v) is 9.28. The largest absolute Gasteiger partial charge is 0.342 e. The Morgan fingerprint density at radius 1 is 1.43 bits per heavy atom. The van der Waals surface area contributed by atoms with E-state index < -0.39 is 0 Å². The molecule has 1 saturated heterocycles. The Labute approximate surface area is 141 Å². The fourth-order valence-electron chi connectivity index (χ4n) is 3.25. The molecule has 0 N–H and O–H groups in total. The van der Waals surface area contributed by atoms with Gasteiger partial charge in [0.05, 0.1) is 6.42 Å². The molecule has 1 amide bonds. The Morgan fingerprint density at radius 3 is 3.04 bits per heavy atom. The summed E-state index contributed by atoms with van der Waals surface area (Å²) in [4.78, 5) is 20.3. The van der Waals surface area contributed by atoms with E-state index in [1.165, 1.54) is 4.90 Å². The molecule has 1 fully saturated rings. The van der Waals surface area contributed by atoms with Gasteiger partial charge >= 0.3 is 0 Å². The maximum Gasteiger partial charge on any atom is 0.227 e. The van der Waals surface area contributed by atoms with E-state index in [0.717, 1.165) is 37.3 Å². The van der Waals surface area contributed by atoms with Crippen molar-refractivity contribution in [3.8, 4) is 0 Å². The number of imidazole rings is 1. The van der Waals surface area contributed by atoms with Crippen LogP contribution in [0.5, 0.6) is 0 Å². The monoisotopic (exact) mass is 329 g/mol. The Balaban J connectivity index is 1.66. The van der Waals surface area contributed by atoms with Crippen LogP contribution in [0.15, 0.2) is 41.6 Å². The first-order valence-electron chi connectivity index (χ1n) is 8.05. The third kappa shape index (κ3) is 3.78. The van der Waals surface area contributed by atoms with E-state index in [1.807, 2.05) is 36.5 Å². The van der Waals surface area contributed by atoms with Gasteiger partial charge in [0, 0.05) is 43.3 Å². The quantitative estimate of drug-likeness (QED) is 0.809. The van der Waals surface area contributed by atoms with Gasteiger partial charge in [-0.15, -0.1) is 11.8 Å². The van der Waals surface area contributed by atoms with Crippen LogP contribution in [0.1, 0.15) is 30.1 Å². The minimum atomic E-state index is 0.224. The molecule has 1 aromatic carbocycles. The average Bonchev–Trinajstić information content (AvgIpc) is 3.01. The van der Waals surface area contributed by atoms with Crippen molar-refractivity contribution < 1.29 is 4.79 Å². The van der Waals surface area contributed by atoms with Crippen molar-refractivity contribution >= 4 is 17.7 Å². The van der Waals surface area contributed by atoms with Crippen molar-refractivity contribution in [2.75, 3.05) is 19.3 Å². The number of aryl methyl sites for hydroxylation is 1. The molecule has 4 nitrogen and oxygen atoms in total. The number of carbonyl (C=O) groups is 1. The number of hydrogen-bond donors (Lipinski definition) is 0. The summed E-state index contributed by atoms with van der Waals surface area (Å²) < 4.78 is 2.07. The van der Waals surface area contributed by atoms with Crippen LogP contribution in [-0.2, 0) is 18.3 Å². The summed E-state index contributed by atoms with van der Waals surface area (Å²) in [6.07, 6.45) is 8.52. The van der Waals surface area contributed by atoms with Crippen molar-refractivity contribution in [3.63, 3.8) is 0 Å². The molecule has 0 unspecified atom stereocenters. The molecule has 0 radical (unpaired) electrons. The molecule has 1 atom stereocenters. The highest BCUT2D eigenvalue weighted by Gasteiger charge is 2.26. The Bertz CT molecular complexity index is 682. The molecule has 5 heteroatoms. The molecule has 0 bridgehead atoms. The summed E-state index contributed by atoms with van der Waals surface area (Å²) in [6.45, 7) is 1.65. The van der Waals surface area contributed by atoms with Crippen molar-refractivity contribution in [3.05, 3.63) is 48.0 Å². The number of likely N-dealkylation sites (tertiary alicyclic amines) is 1. The van der Waals surface area contributed by atoms with Gasteiger partial charge in [0.1, 0.15) is 5.82 Å². The van der Waals surface area contributed by atoms with Crippen LogP contribution in [-0.4, -0.2) is 39.7 Å². The van der Waals surface area contributed by atoms with Crippen molar-refractivity contribution in [1.82, 2.24) is 14.5 Å². The molecule has 3 rings (SSSR count). The molecule has 122 valence electrons. The summed E-state index contributed by atoms with van der Waals surface area (Å²) in [5, 5.41) is 0. The lowest BCUT2D eigenvalue weighted by Crippen LogP contribution is -2.40. The standard InChI is InChI=1S/C18H23N3OS/c1-20-10-8-19-18(20)15-6-4-9-21(13-15)17(22)12-14-5-3-7-16(11-14)23-2/h3,5,7-8,10-11,15H,4,6,9,12-13H2,1-2H3/t15-/m1/s1. The topological polar surface area (TPSA) is 38.1 Å². The van der Waals surface area contributed by atoms with E-state index in [2.05, 4.69) is 27.9 Å². The SMILES string of the molecule is CSc1cccc(CC(=O)N2CCC[C@@H](c3nccn3C)C2)c1. The van der Waals surface area contributed by atoms with Crippen LogP contribution in [0.25, 0.3) is 0 Å². The summed E-state index contributed by atoms with van der Waals surface area (Å²) >= 11 is 1.71. The van der Waals surface area contributed by atoms with Gasteiger partial charge in [-0.25, -0.2) is 4.98 Å². The number of carbonyl (C=O) groups excluding carboxylic acids is 1. The zero-order valence-electron chi connectivity index (χ0n) is 13.7. The van der Waals surface area contributed by atoms with Gasteiger partial charge in [-0.2, -0.15) is 0 Å². The van der Waals surface area contributed by atoms with Crippen LogP contribution in [0.3, 0.4) is 0 Å². The van der Waals surface area contributed by atoms with Crippen LogP contribution < -0.4 is 0 Å². The molecule has 1 aliphatic rings. The van der Waals surface area contributed by atoms with Gasteiger partial charge < -0.3 is 9.47 Å². The summed E-state index contributed by atoms with van der Waals surface area (Å²) in [7, 11) is 2.02. The van der Waals surface area contributed by atoms with Gasteiger partial charge in [-0.3, -0.25) is 4.79 Å². The maximum absolute atomic E-state index is 12.7. The maximum atomic E-state index is 12.7. The highest BCUT2D eigenvalue weighted by molar-refractivity contribution is 7.98. The van der Waals surface area contributed by atoms with Gasteiger partial charge in [-0.1, -0.05) is 12.1 Å². The molecule has 1 aromatic heterocycles. The second-order valence-corrected chi connectivity index (χ2v) is 6.98. The lowest BCUT2D eigenvalue weighted by Gasteiger charge is -2.32. The summed E-state index contributed by atoms with van der Waals surface area (Å²) in [5.41, 5.74) is 1.10. The minimum Gasteiger partial charge on any atom is -0.342 e. The van der Waals surface area contributed by atoms with Gasteiger partial charge in [0.2, 0.25) is 5.91 Å². The highest BCUT2D eigenvalue weighted by atomic mass is 32.2. The number of hydrogen-bond acceptors (Lipinski definition) is 3. The van der Waals surface area contributed by atoms with Crippen molar-refractivity contribution in [1.29, 1.82) is 0 Å². The fraction of sp³-hybridized carbons (Fsp3) is 0.444. The van der Waals surface area contributed by atoms with E-state index in [1.54, 1.807) is 11.8 Å². The van der Waals surface area contributed by atoms with Gasteiger partial charge in [-0.05, 0) is 36.8 Å². The number of amides is 1. The van der Waals surface area contributed by atoms with E-state index in [-0.39, 0.29) is 5.91 Å². The second kappa shape index (κ2) is 7.21. The fourth-order valence-corrected chi connectivity index (χ4v) is 3.74. The number of benzene rings is 1. The molecule has 0 spiro atoms. The summed E-state index contributed by atoms with van der Waals surface area (Å²) in [6, 6.07) is 8.26. The summed E-state index contributed by atoms with van der Waals surface area (Å²) in [5.74, 6) is 1.67. The normalized spacial score (nSPS) is 18.2. The molecule has 0 aliphatic carbocycles. The third-order valence-electron chi connectivity index (χ3n) is 4.49. The molecular formula is C18H23N3OS. The zero-order chi connectivity index (χ0) is 16.2. The highest BCUT2D eigenvalue weighted by Crippen LogP contribution is 2.26. The average molecular weight is 329 g/mol. The number of piperidine rings is 1.